The summed E-state index contributed by atoms with van der Waals surface area (Å²) in [6.45, 7) is 2.30. The van der Waals surface area contributed by atoms with E-state index in [1.165, 1.54) is 12.1 Å². The minimum Gasteiger partial charge on any atom is -0.365 e. The molecule has 0 fully saturated rings. The highest BCUT2D eigenvalue weighted by molar-refractivity contribution is 7.92. The van der Waals surface area contributed by atoms with Crippen molar-refractivity contribution in [3.63, 3.8) is 0 Å². The van der Waals surface area contributed by atoms with Gasteiger partial charge in [-0.15, -0.1) is 10.2 Å². The lowest BCUT2D eigenvalue weighted by atomic mass is 10.2. The van der Waals surface area contributed by atoms with E-state index in [4.69, 9.17) is 11.6 Å². The van der Waals surface area contributed by atoms with Gasteiger partial charge in [-0.25, -0.2) is 8.42 Å². The van der Waals surface area contributed by atoms with Crippen LogP contribution in [0.1, 0.15) is 11.1 Å². The molecule has 134 valence electrons. The maximum atomic E-state index is 12.4. The molecular formula is C17H16ClN5O2S. The van der Waals surface area contributed by atoms with E-state index in [2.05, 4.69) is 25.2 Å². The fraction of sp³-hybridized carbons (Fsp3) is 0.118. The van der Waals surface area contributed by atoms with Crippen molar-refractivity contribution in [3.05, 3.63) is 71.0 Å². The summed E-state index contributed by atoms with van der Waals surface area (Å²) >= 11 is 5.93. The highest BCUT2D eigenvalue weighted by atomic mass is 35.5. The first-order valence-electron chi connectivity index (χ1n) is 7.69. The van der Waals surface area contributed by atoms with Crippen LogP contribution in [0.4, 0.5) is 11.6 Å². The van der Waals surface area contributed by atoms with E-state index in [9.17, 15) is 8.42 Å². The number of anilines is 2. The standard InChI is InChI=1S/C17H16ClN5O2S/c1-12-10-14(2-3-15(12)18)26(24,25)23-17-5-4-16(21-22-17)20-11-13-6-8-19-9-7-13/h2-10H,11H2,1H3,(H,20,21)(H,22,23). The largest absolute Gasteiger partial charge is 0.365 e. The molecule has 3 rings (SSSR count). The van der Waals surface area contributed by atoms with Crippen LogP contribution in [-0.2, 0) is 16.6 Å². The van der Waals surface area contributed by atoms with Crippen molar-refractivity contribution in [1.82, 2.24) is 15.2 Å². The number of halogens is 1. The van der Waals surface area contributed by atoms with E-state index < -0.39 is 10.0 Å². The molecule has 3 aromatic rings. The number of sulfonamides is 1. The molecule has 2 N–H and O–H groups in total. The van der Waals surface area contributed by atoms with E-state index in [-0.39, 0.29) is 10.7 Å². The monoisotopic (exact) mass is 389 g/mol. The molecule has 26 heavy (non-hydrogen) atoms. The number of hydrogen-bond acceptors (Lipinski definition) is 6. The van der Waals surface area contributed by atoms with Crippen LogP contribution in [0.5, 0.6) is 0 Å². The zero-order valence-corrected chi connectivity index (χ0v) is 15.4. The molecule has 0 atom stereocenters. The van der Waals surface area contributed by atoms with E-state index in [1.807, 2.05) is 12.1 Å². The molecule has 0 amide bonds. The van der Waals surface area contributed by atoms with Crippen molar-refractivity contribution in [3.8, 4) is 0 Å². The highest BCUT2D eigenvalue weighted by Gasteiger charge is 2.16. The zero-order chi connectivity index (χ0) is 18.6. The second-order valence-electron chi connectivity index (χ2n) is 5.53. The van der Waals surface area contributed by atoms with Gasteiger partial charge in [0.25, 0.3) is 10.0 Å². The quantitative estimate of drug-likeness (QED) is 0.671. The summed E-state index contributed by atoms with van der Waals surface area (Å²) < 4.78 is 27.2. The third-order valence-corrected chi connectivity index (χ3v) is 5.34. The van der Waals surface area contributed by atoms with E-state index in [0.717, 1.165) is 5.56 Å². The van der Waals surface area contributed by atoms with Gasteiger partial charge < -0.3 is 5.32 Å². The lowest BCUT2D eigenvalue weighted by Gasteiger charge is -2.09. The van der Waals surface area contributed by atoms with Gasteiger partial charge in [0.1, 0.15) is 5.82 Å². The molecule has 0 unspecified atom stereocenters. The molecule has 7 nitrogen and oxygen atoms in total. The topological polar surface area (TPSA) is 96.9 Å². The highest BCUT2D eigenvalue weighted by Crippen LogP contribution is 2.21. The first-order valence-corrected chi connectivity index (χ1v) is 9.56. The SMILES string of the molecule is Cc1cc(S(=O)(=O)Nc2ccc(NCc3ccncc3)nn2)ccc1Cl. The smallest absolute Gasteiger partial charge is 0.263 e. The molecule has 0 radical (unpaired) electrons. The number of aromatic nitrogens is 3. The Labute approximate surface area is 156 Å². The van der Waals surface area contributed by atoms with E-state index in [1.54, 1.807) is 37.5 Å². The molecule has 2 aromatic heterocycles. The number of nitrogens with zero attached hydrogens (tertiary/aromatic N) is 3. The van der Waals surface area contributed by atoms with Gasteiger partial charge in [-0.05, 0) is 60.5 Å². The van der Waals surface area contributed by atoms with Crippen LogP contribution in [-0.4, -0.2) is 23.6 Å². The number of rotatable bonds is 6. The Bertz CT molecular complexity index is 995. The van der Waals surface area contributed by atoms with Crippen LogP contribution in [0.15, 0.2) is 59.8 Å². The summed E-state index contributed by atoms with van der Waals surface area (Å²) in [6, 6.07) is 11.5. The van der Waals surface area contributed by atoms with Gasteiger partial charge in [0, 0.05) is 24.0 Å². The first-order chi connectivity index (χ1) is 12.4. The third kappa shape index (κ3) is 4.47. The predicted molar refractivity (Wildman–Crippen MR) is 101 cm³/mol. The van der Waals surface area contributed by atoms with E-state index in [0.29, 0.717) is 22.9 Å². The number of aryl methyl sites for hydroxylation is 1. The van der Waals surface area contributed by atoms with Crippen molar-refractivity contribution in [2.24, 2.45) is 0 Å². The molecular weight excluding hydrogens is 374 g/mol. The Hall–Kier alpha value is -2.71. The molecule has 0 aliphatic heterocycles. The van der Waals surface area contributed by atoms with Gasteiger partial charge in [0.15, 0.2) is 5.82 Å². The molecule has 0 aliphatic rings. The number of hydrogen-bond donors (Lipinski definition) is 2. The Morgan fingerprint density at radius 3 is 2.35 bits per heavy atom. The molecule has 1 aromatic carbocycles. The van der Waals surface area contributed by atoms with Crippen molar-refractivity contribution in [2.75, 3.05) is 10.0 Å². The second-order valence-corrected chi connectivity index (χ2v) is 7.62. The Balaban J connectivity index is 1.67. The fourth-order valence-corrected chi connectivity index (χ4v) is 3.35. The summed E-state index contributed by atoms with van der Waals surface area (Å²) in [4.78, 5) is 4.07. The lowest BCUT2D eigenvalue weighted by molar-refractivity contribution is 0.601. The van der Waals surface area contributed by atoms with Gasteiger partial charge in [0.2, 0.25) is 0 Å². The summed E-state index contributed by atoms with van der Waals surface area (Å²) in [5, 5.41) is 11.5. The van der Waals surface area contributed by atoms with Gasteiger partial charge in [-0.2, -0.15) is 0 Å². The Morgan fingerprint density at radius 1 is 1.00 bits per heavy atom. The first kappa shape index (κ1) is 18.1. The molecule has 0 spiro atoms. The molecule has 0 bridgehead atoms. The van der Waals surface area contributed by atoms with E-state index >= 15 is 0 Å². The van der Waals surface area contributed by atoms with Crippen LogP contribution >= 0.6 is 11.6 Å². The van der Waals surface area contributed by atoms with Crippen LogP contribution in [0.25, 0.3) is 0 Å². The number of benzene rings is 1. The molecule has 0 saturated heterocycles. The van der Waals surface area contributed by atoms with Gasteiger partial charge in [-0.1, -0.05) is 11.6 Å². The maximum absolute atomic E-state index is 12.4. The Kier molecular flexibility index (Phi) is 5.34. The Morgan fingerprint density at radius 2 is 1.69 bits per heavy atom. The average Bonchev–Trinajstić information content (AvgIpc) is 2.64. The zero-order valence-electron chi connectivity index (χ0n) is 13.8. The van der Waals surface area contributed by atoms with Crippen LogP contribution < -0.4 is 10.0 Å². The fourth-order valence-electron chi connectivity index (χ4n) is 2.16. The molecule has 2 heterocycles. The molecule has 9 heteroatoms. The number of pyridine rings is 1. The second kappa shape index (κ2) is 7.67. The lowest BCUT2D eigenvalue weighted by Crippen LogP contribution is -2.14. The van der Waals surface area contributed by atoms with Crippen LogP contribution in [0.2, 0.25) is 5.02 Å². The molecule has 0 saturated carbocycles. The van der Waals surface area contributed by atoms with Gasteiger partial charge in [-0.3, -0.25) is 9.71 Å². The summed E-state index contributed by atoms with van der Waals surface area (Å²) in [7, 11) is -3.76. The summed E-state index contributed by atoms with van der Waals surface area (Å²) in [5.74, 6) is 0.666. The maximum Gasteiger partial charge on any atom is 0.263 e. The minimum atomic E-state index is -3.76. The summed E-state index contributed by atoms with van der Waals surface area (Å²) in [5.41, 5.74) is 1.72. The van der Waals surface area contributed by atoms with Gasteiger partial charge in [0.05, 0.1) is 4.90 Å². The normalized spacial score (nSPS) is 11.2. The van der Waals surface area contributed by atoms with Crippen molar-refractivity contribution in [2.45, 2.75) is 18.4 Å². The number of nitrogens with one attached hydrogen (secondary N) is 2. The van der Waals surface area contributed by atoms with Crippen LogP contribution in [0.3, 0.4) is 0 Å². The van der Waals surface area contributed by atoms with Crippen molar-refractivity contribution < 1.29 is 8.42 Å². The van der Waals surface area contributed by atoms with Gasteiger partial charge >= 0.3 is 0 Å². The summed E-state index contributed by atoms with van der Waals surface area (Å²) in [6.07, 6.45) is 3.41. The average molecular weight is 390 g/mol. The van der Waals surface area contributed by atoms with Crippen molar-refractivity contribution >= 4 is 33.3 Å². The van der Waals surface area contributed by atoms with Crippen LogP contribution in [0, 0.1) is 6.92 Å². The third-order valence-electron chi connectivity index (χ3n) is 3.57. The molecule has 0 aliphatic carbocycles. The minimum absolute atomic E-state index is 0.112. The predicted octanol–water partition coefficient (Wildman–Crippen LogP) is 3.25. The van der Waals surface area contributed by atoms with Crippen molar-refractivity contribution in [1.29, 1.82) is 0 Å².